The van der Waals surface area contributed by atoms with Gasteiger partial charge in [0.15, 0.2) is 0 Å². The van der Waals surface area contributed by atoms with Crippen molar-refractivity contribution in [3.05, 3.63) is 36.0 Å². The minimum Gasteiger partial charge on any atom is -0.420 e. The molecule has 6 nitrogen and oxygen atoms in total. The van der Waals surface area contributed by atoms with Gasteiger partial charge in [0.1, 0.15) is 12.4 Å². The van der Waals surface area contributed by atoms with Crippen LogP contribution >= 0.6 is 0 Å². The van der Waals surface area contributed by atoms with E-state index < -0.39 is 11.2 Å². The van der Waals surface area contributed by atoms with E-state index in [-0.39, 0.29) is 24.0 Å². The van der Waals surface area contributed by atoms with Crippen LogP contribution in [0.15, 0.2) is 28.7 Å². The van der Waals surface area contributed by atoms with Gasteiger partial charge >= 0.3 is 0 Å². The zero-order valence-electron chi connectivity index (χ0n) is 13.4. The molecule has 0 bridgehead atoms. The molecule has 124 valence electrons. The van der Waals surface area contributed by atoms with E-state index in [9.17, 15) is 9.18 Å². The molecule has 0 radical (unpaired) electrons. The first-order valence-electron chi connectivity index (χ1n) is 7.39. The molecule has 1 aromatic heterocycles. The van der Waals surface area contributed by atoms with Gasteiger partial charge in [0.2, 0.25) is 5.89 Å². The Morgan fingerprint density at radius 3 is 2.88 bits per heavy atom. The molecule has 1 aliphatic rings. The van der Waals surface area contributed by atoms with Gasteiger partial charge in [0, 0.05) is 20.2 Å². The third-order valence-corrected chi connectivity index (χ3v) is 3.82. The number of carbonyl (C=O) groups excluding carboxylic acids is 1. The highest BCUT2D eigenvalue weighted by atomic mass is 19.1. The summed E-state index contributed by atoms with van der Waals surface area (Å²) in [6.45, 7) is 2.98. The standard InChI is InChI=1S/C17H16FN3O3/c1-17(10-21(11-17)14(22)8-5-9-23-2)16-20-19-15(24-16)12-6-3-4-7-13(12)18/h3-4,6-7H,9-11H2,1-2H3. The number of rotatable bonds is 3. The summed E-state index contributed by atoms with van der Waals surface area (Å²) in [6, 6.07) is 6.21. The van der Waals surface area contributed by atoms with Gasteiger partial charge in [-0.05, 0) is 25.0 Å². The Kier molecular flexibility index (Phi) is 4.32. The second kappa shape index (κ2) is 6.42. The molecule has 2 heterocycles. The average molecular weight is 329 g/mol. The average Bonchev–Trinajstić information content (AvgIpc) is 3.02. The predicted octanol–water partition coefficient (Wildman–Crippen LogP) is 1.63. The number of methoxy groups -OCH3 is 1. The van der Waals surface area contributed by atoms with Gasteiger partial charge in [-0.15, -0.1) is 10.2 Å². The number of nitrogens with zero attached hydrogens (tertiary/aromatic N) is 3. The molecule has 0 aliphatic carbocycles. The van der Waals surface area contributed by atoms with E-state index >= 15 is 0 Å². The van der Waals surface area contributed by atoms with Crippen LogP contribution in [0.3, 0.4) is 0 Å². The zero-order chi connectivity index (χ0) is 17.2. The molecule has 3 rings (SSSR count). The van der Waals surface area contributed by atoms with Crippen LogP contribution in [0, 0.1) is 17.7 Å². The quantitative estimate of drug-likeness (QED) is 0.801. The van der Waals surface area contributed by atoms with E-state index in [1.807, 2.05) is 6.92 Å². The highest BCUT2D eigenvalue weighted by Crippen LogP contribution is 2.34. The zero-order valence-corrected chi connectivity index (χ0v) is 13.4. The minimum atomic E-state index is -0.449. The fraction of sp³-hybridized carbons (Fsp3) is 0.353. The van der Waals surface area contributed by atoms with Gasteiger partial charge in [0.25, 0.3) is 11.8 Å². The molecule has 0 saturated carbocycles. The number of halogens is 1. The molecule has 1 fully saturated rings. The van der Waals surface area contributed by atoms with Crippen LogP contribution in [0.2, 0.25) is 0 Å². The molecule has 0 spiro atoms. The monoisotopic (exact) mass is 329 g/mol. The lowest BCUT2D eigenvalue weighted by Gasteiger charge is -2.44. The van der Waals surface area contributed by atoms with Gasteiger partial charge < -0.3 is 14.1 Å². The maximum atomic E-state index is 13.8. The number of likely N-dealkylation sites (tertiary alicyclic amines) is 1. The van der Waals surface area contributed by atoms with Gasteiger partial charge in [-0.2, -0.15) is 0 Å². The Morgan fingerprint density at radius 2 is 2.17 bits per heavy atom. The Morgan fingerprint density at radius 1 is 1.42 bits per heavy atom. The predicted molar refractivity (Wildman–Crippen MR) is 83.3 cm³/mol. The van der Waals surface area contributed by atoms with E-state index in [0.717, 1.165) is 0 Å². The van der Waals surface area contributed by atoms with Crippen molar-refractivity contribution in [3.63, 3.8) is 0 Å². The highest BCUT2D eigenvalue weighted by molar-refractivity contribution is 5.94. The lowest BCUT2D eigenvalue weighted by molar-refractivity contribution is -0.132. The molecule has 0 atom stereocenters. The lowest BCUT2D eigenvalue weighted by atomic mass is 9.82. The van der Waals surface area contributed by atoms with Crippen molar-refractivity contribution in [2.24, 2.45) is 0 Å². The third-order valence-electron chi connectivity index (χ3n) is 3.82. The van der Waals surface area contributed by atoms with Gasteiger partial charge in [-0.25, -0.2) is 4.39 Å². The Labute approximate surface area is 138 Å². The molecule has 0 unspecified atom stereocenters. The first kappa shape index (κ1) is 16.1. The number of benzene rings is 1. The molecular formula is C17H16FN3O3. The minimum absolute atomic E-state index is 0.133. The first-order valence-corrected chi connectivity index (χ1v) is 7.39. The van der Waals surface area contributed by atoms with Crippen molar-refractivity contribution < 1.29 is 18.3 Å². The van der Waals surface area contributed by atoms with Crippen LogP contribution in [0.1, 0.15) is 12.8 Å². The largest absolute Gasteiger partial charge is 0.420 e. The molecule has 1 saturated heterocycles. The van der Waals surface area contributed by atoms with E-state index in [1.165, 1.54) is 13.2 Å². The smallest absolute Gasteiger partial charge is 0.298 e. The first-order chi connectivity index (χ1) is 11.5. The van der Waals surface area contributed by atoms with Crippen molar-refractivity contribution in [1.29, 1.82) is 0 Å². The Bertz CT molecular complexity index is 816. The summed E-state index contributed by atoms with van der Waals surface area (Å²) in [4.78, 5) is 13.5. The molecule has 1 aliphatic heterocycles. The number of hydrogen-bond acceptors (Lipinski definition) is 5. The Hall–Kier alpha value is -2.72. The van der Waals surface area contributed by atoms with Crippen molar-refractivity contribution >= 4 is 5.91 Å². The topological polar surface area (TPSA) is 68.5 Å². The fourth-order valence-corrected chi connectivity index (χ4v) is 2.55. The molecule has 7 heteroatoms. The molecule has 2 aromatic rings. The van der Waals surface area contributed by atoms with Gasteiger partial charge in [0.05, 0.1) is 11.0 Å². The summed E-state index contributed by atoms with van der Waals surface area (Å²) < 4.78 is 24.2. The number of hydrogen-bond donors (Lipinski definition) is 0. The van der Waals surface area contributed by atoms with Gasteiger partial charge in [-0.1, -0.05) is 18.1 Å². The van der Waals surface area contributed by atoms with E-state index in [2.05, 4.69) is 22.0 Å². The van der Waals surface area contributed by atoms with E-state index in [4.69, 9.17) is 9.15 Å². The normalized spacial score (nSPS) is 15.4. The summed E-state index contributed by atoms with van der Waals surface area (Å²) in [5.41, 5.74) is -0.188. The molecular weight excluding hydrogens is 313 g/mol. The van der Waals surface area contributed by atoms with Crippen LogP contribution in [0.4, 0.5) is 4.39 Å². The molecule has 0 N–H and O–H groups in total. The number of carbonyl (C=O) groups is 1. The summed E-state index contributed by atoms with van der Waals surface area (Å²) in [6.07, 6.45) is 0. The van der Waals surface area contributed by atoms with Crippen LogP contribution < -0.4 is 0 Å². The van der Waals surface area contributed by atoms with Crippen molar-refractivity contribution in [1.82, 2.24) is 15.1 Å². The van der Waals surface area contributed by atoms with Gasteiger partial charge in [-0.3, -0.25) is 4.79 Å². The molecule has 24 heavy (non-hydrogen) atoms. The SMILES string of the molecule is COCC#CC(=O)N1CC(C)(c2nnc(-c3ccccc3F)o2)C1. The molecule has 1 amide bonds. The summed E-state index contributed by atoms with van der Waals surface area (Å²) in [5.74, 6) is 4.97. The van der Waals surface area contributed by atoms with Crippen LogP contribution in [-0.4, -0.2) is 47.8 Å². The van der Waals surface area contributed by atoms with E-state index in [0.29, 0.717) is 19.0 Å². The third kappa shape index (κ3) is 3.01. The fourth-order valence-electron chi connectivity index (χ4n) is 2.55. The highest BCUT2D eigenvalue weighted by Gasteiger charge is 2.46. The number of aromatic nitrogens is 2. The lowest BCUT2D eigenvalue weighted by Crippen LogP contribution is -2.59. The van der Waals surface area contributed by atoms with E-state index in [1.54, 1.807) is 23.1 Å². The van der Waals surface area contributed by atoms with Crippen LogP contribution in [0.25, 0.3) is 11.5 Å². The summed E-state index contributed by atoms with van der Waals surface area (Å²) >= 11 is 0. The maximum absolute atomic E-state index is 13.8. The van der Waals surface area contributed by atoms with Crippen molar-refractivity contribution in [2.45, 2.75) is 12.3 Å². The number of ether oxygens (including phenoxy) is 1. The Balaban J connectivity index is 1.70. The van der Waals surface area contributed by atoms with Crippen molar-refractivity contribution in [2.75, 3.05) is 26.8 Å². The molecule has 1 aromatic carbocycles. The van der Waals surface area contributed by atoms with Crippen LogP contribution in [0.5, 0.6) is 0 Å². The maximum Gasteiger partial charge on any atom is 0.298 e. The van der Waals surface area contributed by atoms with Crippen LogP contribution in [-0.2, 0) is 14.9 Å². The summed E-state index contributed by atoms with van der Waals surface area (Å²) in [5, 5.41) is 7.94. The second-order valence-electron chi connectivity index (χ2n) is 5.85. The van der Waals surface area contributed by atoms with Crippen molar-refractivity contribution in [3.8, 4) is 23.3 Å². The second-order valence-corrected chi connectivity index (χ2v) is 5.85. The summed E-state index contributed by atoms with van der Waals surface area (Å²) in [7, 11) is 1.52. The number of amides is 1.